The highest BCUT2D eigenvalue weighted by atomic mass is 16.5. The molecule has 0 spiro atoms. The summed E-state index contributed by atoms with van der Waals surface area (Å²) in [5.41, 5.74) is 0.626. The molecule has 1 fully saturated rings. The zero-order chi connectivity index (χ0) is 15.9. The van der Waals surface area contributed by atoms with E-state index in [-0.39, 0.29) is 36.4 Å². The minimum atomic E-state index is -0.266. The van der Waals surface area contributed by atoms with Gasteiger partial charge in [-0.25, -0.2) is 0 Å². The van der Waals surface area contributed by atoms with Gasteiger partial charge in [0.15, 0.2) is 5.78 Å². The third-order valence-corrected chi connectivity index (χ3v) is 3.97. The molecule has 22 heavy (non-hydrogen) atoms. The zero-order valence-corrected chi connectivity index (χ0v) is 12.8. The van der Waals surface area contributed by atoms with Crippen LogP contribution in [0.2, 0.25) is 0 Å². The van der Waals surface area contributed by atoms with Crippen LogP contribution >= 0.6 is 0 Å². The second kappa shape index (κ2) is 7.73. The van der Waals surface area contributed by atoms with Gasteiger partial charge in [0, 0.05) is 31.5 Å². The molecule has 1 heterocycles. The number of esters is 1. The number of hydrogen-bond acceptors (Lipinski definition) is 4. The maximum atomic E-state index is 12.2. The number of rotatable bonds is 5. The van der Waals surface area contributed by atoms with Crippen LogP contribution in [-0.4, -0.2) is 42.8 Å². The summed E-state index contributed by atoms with van der Waals surface area (Å²) < 4.78 is 4.74. The first-order chi connectivity index (χ1) is 10.6. The Balaban J connectivity index is 1.84. The maximum absolute atomic E-state index is 12.2. The molecule has 1 atom stereocenters. The molecule has 1 aromatic carbocycles. The molecule has 2 rings (SSSR count). The Bertz CT molecular complexity index is 541. The SMILES string of the molecule is COC(=O)C1CCCN(C(=O)CCC(=O)c2ccccc2)C1. The number of carbonyl (C=O) groups excluding carboxylic acids is 3. The minimum Gasteiger partial charge on any atom is -0.469 e. The van der Waals surface area contributed by atoms with Crippen molar-refractivity contribution in [1.82, 2.24) is 4.90 Å². The van der Waals surface area contributed by atoms with Gasteiger partial charge in [0.25, 0.3) is 0 Å². The lowest BCUT2D eigenvalue weighted by atomic mass is 9.97. The van der Waals surface area contributed by atoms with Gasteiger partial charge in [-0.2, -0.15) is 0 Å². The van der Waals surface area contributed by atoms with Gasteiger partial charge in [-0.3, -0.25) is 14.4 Å². The molecule has 0 aliphatic carbocycles. The summed E-state index contributed by atoms with van der Waals surface area (Å²) in [5.74, 6) is -0.612. The fraction of sp³-hybridized carbons (Fsp3) is 0.471. The van der Waals surface area contributed by atoms with Gasteiger partial charge < -0.3 is 9.64 Å². The van der Waals surface area contributed by atoms with E-state index in [0.29, 0.717) is 18.7 Å². The predicted molar refractivity (Wildman–Crippen MR) is 81.3 cm³/mol. The summed E-state index contributed by atoms with van der Waals surface area (Å²) in [6, 6.07) is 8.96. The van der Waals surface area contributed by atoms with E-state index in [1.165, 1.54) is 7.11 Å². The average Bonchev–Trinajstić information content (AvgIpc) is 2.59. The number of carbonyl (C=O) groups is 3. The topological polar surface area (TPSA) is 63.7 Å². The van der Waals surface area contributed by atoms with Crippen molar-refractivity contribution in [2.45, 2.75) is 25.7 Å². The Morgan fingerprint density at radius 2 is 1.91 bits per heavy atom. The lowest BCUT2D eigenvalue weighted by molar-refractivity contribution is -0.149. The van der Waals surface area contributed by atoms with Gasteiger partial charge in [0.2, 0.25) is 5.91 Å². The molecule has 1 aliphatic rings. The molecule has 1 aliphatic heterocycles. The highest BCUT2D eigenvalue weighted by Gasteiger charge is 2.28. The lowest BCUT2D eigenvalue weighted by Crippen LogP contribution is -2.42. The average molecular weight is 303 g/mol. The molecule has 5 heteroatoms. The van der Waals surface area contributed by atoms with E-state index in [4.69, 9.17) is 4.74 Å². The summed E-state index contributed by atoms with van der Waals surface area (Å²) in [6.07, 6.45) is 1.92. The van der Waals surface area contributed by atoms with Gasteiger partial charge in [0.1, 0.15) is 0 Å². The van der Waals surface area contributed by atoms with Gasteiger partial charge >= 0.3 is 5.97 Å². The number of ether oxygens (including phenoxy) is 1. The van der Waals surface area contributed by atoms with Crippen molar-refractivity contribution in [3.8, 4) is 0 Å². The largest absolute Gasteiger partial charge is 0.469 e. The number of benzene rings is 1. The lowest BCUT2D eigenvalue weighted by Gasteiger charge is -2.31. The summed E-state index contributed by atoms with van der Waals surface area (Å²) >= 11 is 0. The summed E-state index contributed by atoms with van der Waals surface area (Å²) in [6.45, 7) is 1.04. The first-order valence-corrected chi connectivity index (χ1v) is 7.55. The number of amides is 1. The van der Waals surface area contributed by atoms with Crippen LogP contribution in [-0.2, 0) is 14.3 Å². The second-order valence-corrected chi connectivity index (χ2v) is 5.49. The highest BCUT2D eigenvalue weighted by molar-refractivity contribution is 5.97. The Kier molecular flexibility index (Phi) is 5.69. The van der Waals surface area contributed by atoms with Crippen molar-refractivity contribution >= 4 is 17.7 Å². The number of ketones is 1. The maximum Gasteiger partial charge on any atom is 0.310 e. The molecule has 118 valence electrons. The van der Waals surface area contributed by atoms with Crippen LogP contribution in [0.4, 0.5) is 0 Å². The van der Waals surface area contributed by atoms with Crippen LogP contribution in [0.1, 0.15) is 36.0 Å². The molecule has 5 nitrogen and oxygen atoms in total. The number of Topliss-reactive ketones (excluding diaryl/α,β-unsaturated/α-hetero) is 1. The Morgan fingerprint density at radius 1 is 1.18 bits per heavy atom. The minimum absolute atomic E-state index is 0.0320. The quantitative estimate of drug-likeness (QED) is 0.617. The van der Waals surface area contributed by atoms with Crippen LogP contribution in [0.25, 0.3) is 0 Å². The monoisotopic (exact) mass is 303 g/mol. The van der Waals surface area contributed by atoms with E-state index in [1.807, 2.05) is 6.07 Å². The molecule has 1 amide bonds. The number of hydrogen-bond donors (Lipinski definition) is 0. The second-order valence-electron chi connectivity index (χ2n) is 5.49. The van der Waals surface area contributed by atoms with E-state index in [9.17, 15) is 14.4 Å². The zero-order valence-electron chi connectivity index (χ0n) is 12.8. The highest BCUT2D eigenvalue weighted by Crippen LogP contribution is 2.19. The van der Waals surface area contributed by atoms with E-state index in [2.05, 4.69) is 0 Å². The summed E-state index contributed by atoms with van der Waals surface area (Å²) in [4.78, 5) is 37.5. The number of methoxy groups -OCH3 is 1. The fourth-order valence-electron chi connectivity index (χ4n) is 2.71. The molecule has 0 bridgehead atoms. The van der Waals surface area contributed by atoms with Crippen LogP contribution in [0.5, 0.6) is 0 Å². The van der Waals surface area contributed by atoms with Crippen molar-refractivity contribution in [1.29, 1.82) is 0 Å². The molecule has 1 saturated heterocycles. The molecule has 0 aromatic heterocycles. The molecule has 1 unspecified atom stereocenters. The van der Waals surface area contributed by atoms with Gasteiger partial charge in [0.05, 0.1) is 13.0 Å². The van der Waals surface area contributed by atoms with Gasteiger partial charge in [-0.15, -0.1) is 0 Å². The molecular weight excluding hydrogens is 282 g/mol. The van der Waals surface area contributed by atoms with Crippen molar-refractivity contribution < 1.29 is 19.1 Å². The Morgan fingerprint density at radius 3 is 2.59 bits per heavy atom. The van der Waals surface area contributed by atoms with E-state index >= 15 is 0 Å². The predicted octanol–water partition coefficient (Wildman–Crippen LogP) is 2.06. The fourth-order valence-corrected chi connectivity index (χ4v) is 2.71. The summed E-state index contributed by atoms with van der Waals surface area (Å²) in [7, 11) is 1.36. The van der Waals surface area contributed by atoms with E-state index in [1.54, 1.807) is 29.2 Å². The third-order valence-electron chi connectivity index (χ3n) is 3.97. The molecule has 0 saturated carbocycles. The van der Waals surface area contributed by atoms with Crippen LogP contribution in [0, 0.1) is 5.92 Å². The molecular formula is C17H21NO4. The van der Waals surface area contributed by atoms with Crippen molar-refractivity contribution in [2.75, 3.05) is 20.2 Å². The van der Waals surface area contributed by atoms with Crippen LogP contribution in [0.3, 0.4) is 0 Å². The number of likely N-dealkylation sites (tertiary alicyclic amines) is 1. The van der Waals surface area contributed by atoms with E-state index < -0.39 is 0 Å². The molecule has 1 aromatic rings. The third kappa shape index (κ3) is 4.16. The number of piperidine rings is 1. The first-order valence-electron chi connectivity index (χ1n) is 7.55. The van der Waals surface area contributed by atoms with Crippen molar-refractivity contribution in [3.63, 3.8) is 0 Å². The van der Waals surface area contributed by atoms with Crippen LogP contribution in [0.15, 0.2) is 30.3 Å². The smallest absolute Gasteiger partial charge is 0.310 e. The summed E-state index contributed by atoms with van der Waals surface area (Å²) in [5, 5.41) is 0. The van der Waals surface area contributed by atoms with E-state index in [0.717, 1.165) is 12.8 Å². The first kappa shape index (κ1) is 16.2. The number of nitrogens with zero attached hydrogens (tertiary/aromatic N) is 1. The van der Waals surface area contributed by atoms with Crippen LogP contribution < -0.4 is 0 Å². The van der Waals surface area contributed by atoms with Crippen molar-refractivity contribution in [2.24, 2.45) is 5.92 Å². The van der Waals surface area contributed by atoms with Crippen molar-refractivity contribution in [3.05, 3.63) is 35.9 Å². The van der Waals surface area contributed by atoms with Gasteiger partial charge in [-0.1, -0.05) is 30.3 Å². The standard InChI is InChI=1S/C17H21NO4/c1-22-17(21)14-8-5-11-18(12-14)16(20)10-9-15(19)13-6-3-2-4-7-13/h2-4,6-7,14H,5,8-12H2,1H3. The molecule has 0 N–H and O–H groups in total. The Hall–Kier alpha value is -2.17. The normalized spacial score (nSPS) is 17.9. The van der Waals surface area contributed by atoms with Gasteiger partial charge in [-0.05, 0) is 12.8 Å². The Labute approximate surface area is 130 Å². The molecule has 0 radical (unpaired) electrons.